The SMILES string of the molecule is Cc1c(NC(=O)c2nc3c(n2C)CCN(C2CCC(C(=O)OC(C)(C)C)CC2)C3)cccc1-c1cccc(Nc2nccc3cc(CN4CC[C@@H](O)C4)cnc23)c1C. The Hall–Kier alpha value is -5.17. The van der Waals surface area contributed by atoms with Gasteiger partial charge in [-0.05, 0) is 119 Å². The zero-order valence-corrected chi connectivity index (χ0v) is 34.6. The van der Waals surface area contributed by atoms with E-state index in [1.54, 1.807) is 6.20 Å². The number of ether oxygens (including phenoxy) is 1. The molecule has 3 aromatic heterocycles. The first-order valence-corrected chi connectivity index (χ1v) is 20.7. The molecule has 0 spiro atoms. The number of nitrogens with zero attached hydrogens (tertiary/aromatic N) is 6. The molecule has 12 heteroatoms. The summed E-state index contributed by atoms with van der Waals surface area (Å²) in [5.41, 5.74) is 9.26. The van der Waals surface area contributed by atoms with Crippen LogP contribution in [0.5, 0.6) is 0 Å². The van der Waals surface area contributed by atoms with Crippen LogP contribution in [0.15, 0.2) is 60.9 Å². The number of hydrogen-bond acceptors (Lipinski definition) is 10. The molecule has 5 aromatic rings. The number of benzene rings is 2. The first kappa shape index (κ1) is 39.6. The Morgan fingerprint density at radius 3 is 2.36 bits per heavy atom. The van der Waals surface area contributed by atoms with E-state index in [1.807, 2.05) is 75.8 Å². The van der Waals surface area contributed by atoms with Gasteiger partial charge < -0.3 is 25.0 Å². The molecule has 2 aromatic carbocycles. The lowest BCUT2D eigenvalue weighted by atomic mass is 9.84. The van der Waals surface area contributed by atoms with Gasteiger partial charge in [0.15, 0.2) is 11.6 Å². The molecule has 5 heterocycles. The van der Waals surface area contributed by atoms with Gasteiger partial charge in [-0.3, -0.25) is 24.4 Å². The number of amides is 1. The fourth-order valence-corrected chi connectivity index (χ4v) is 9.05. The van der Waals surface area contributed by atoms with Crippen LogP contribution in [-0.2, 0) is 36.1 Å². The van der Waals surface area contributed by atoms with Crippen LogP contribution in [0.2, 0.25) is 0 Å². The van der Waals surface area contributed by atoms with Crippen molar-refractivity contribution in [3.63, 3.8) is 0 Å². The van der Waals surface area contributed by atoms with Gasteiger partial charge in [0.2, 0.25) is 0 Å². The van der Waals surface area contributed by atoms with Crippen LogP contribution < -0.4 is 10.6 Å². The summed E-state index contributed by atoms with van der Waals surface area (Å²) in [6, 6.07) is 16.7. The monoisotopic (exact) mass is 784 g/mol. The van der Waals surface area contributed by atoms with Crippen molar-refractivity contribution in [2.24, 2.45) is 13.0 Å². The highest BCUT2D eigenvalue weighted by Crippen LogP contribution is 2.36. The molecule has 1 amide bonds. The van der Waals surface area contributed by atoms with E-state index in [9.17, 15) is 14.7 Å². The zero-order chi connectivity index (χ0) is 40.7. The number of pyridine rings is 2. The van der Waals surface area contributed by atoms with Crippen LogP contribution in [0.1, 0.15) is 91.6 Å². The molecule has 0 radical (unpaired) electrons. The molecule has 1 atom stereocenters. The maximum Gasteiger partial charge on any atom is 0.309 e. The molecule has 12 nitrogen and oxygen atoms in total. The number of imidazole rings is 1. The Kier molecular flexibility index (Phi) is 11.1. The van der Waals surface area contributed by atoms with Crippen molar-refractivity contribution in [2.45, 2.75) is 104 Å². The largest absolute Gasteiger partial charge is 0.460 e. The second-order valence-corrected chi connectivity index (χ2v) is 17.4. The highest BCUT2D eigenvalue weighted by atomic mass is 16.6. The topological polar surface area (TPSA) is 138 Å². The van der Waals surface area contributed by atoms with E-state index in [0.717, 1.165) is 120 Å². The summed E-state index contributed by atoms with van der Waals surface area (Å²) in [4.78, 5) is 45.7. The van der Waals surface area contributed by atoms with Gasteiger partial charge in [-0.2, -0.15) is 0 Å². The third-order valence-electron chi connectivity index (χ3n) is 12.2. The minimum absolute atomic E-state index is 0.0330. The number of rotatable bonds is 9. The summed E-state index contributed by atoms with van der Waals surface area (Å²) in [6.07, 6.45) is 8.69. The third-order valence-corrected chi connectivity index (χ3v) is 12.2. The maximum atomic E-state index is 13.9. The second kappa shape index (κ2) is 16.2. The Morgan fingerprint density at radius 2 is 1.66 bits per heavy atom. The molecule has 1 saturated carbocycles. The standard InChI is InChI=1S/C46H56N8O4/c1-28-35(9-7-11-37(28)49-42-41-32(17-20-47-42)23-30(24-48-41)25-53-21-18-34(55)26-53)36-10-8-12-38(29(36)2)51-44(56)43-50-39-27-54(22-19-40(39)52(43)6)33-15-13-31(14-16-33)45(57)58-46(3,4)5/h7-12,17,20,23-24,31,33-34,55H,13-16,18-19,21-22,25-27H2,1-6H3,(H,47,49)(H,51,56)/t31?,33?,34-/m1/s1. The number of β-amino-alcohol motifs (C(OH)–C–C–N with tert-alkyl or cyclic N) is 1. The first-order valence-electron chi connectivity index (χ1n) is 20.7. The summed E-state index contributed by atoms with van der Waals surface area (Å²) in [5, 5.41) is 17.7. The van der Waals surface area contributed by atoms with Gasteiger partial charge in [-0.25, -0.2) is 9.97 Å². The fraction of sp³-hybridized carbons (Fsp3) is 0.457. The van der Waals surface area contributed by atoms with Crippen molar-refractivity contribution in [3.8, 4) is 11.1 Å². The lowest BCUT2D eigenvalue weighted by Gasteiger charge is -2.38. The molecule has 0 unspecified atom stereocenters. The number of nitrogens with one attached hydrogen (secondary N) is 2. The van der Waals surface area contributed by atoms with Crippen LogP contribution >= 0.6 is 0 Å². The number of aliphatic hydroxyl groups is 1. The second-order valence-electron chi connectivity index (χ2n) is 17.4. The first-order chi connectivity index (χ1) is 27.8. The van der Waals surface area contributed by atoms with Crippen LogP contribution in [0, 0.1) is 19.8 Å². The highest BCUT2D eigenvalue weighted by molar-refractivity contribution is 6.03. The van der Waals surface area contributed by atoms with Gasteiger partial charge in [0.1, 0.15) is 11.1 Å². The lowest BCUT2D eigenvalue weighted by Crippen LogP contribution is -2.42. The van der Waals surface area contributed by atoms with Gasteiger partial charge in [0, 0.05) is 87.1 Å². The average molecular weight is 785 g/mol. The van der Waals surface area contributed by atoms with Crippen molar-refractivity contribution >= 4 is 40.0 Å². The molecular formula is C46H56N8O4. The van der Waals surface area contributed by atoms with E-state index in [2.05, 4.69) is 50.5 Å². The van der Waals surface area contributed by atoms with Gasteiger partial charge in [0.05, 0.1) is 17.7 Å². The molecular weight excluding hydrogens is 729 g/mol. The molecule has 1 aliphatic carbocycles. The third kappa shape index (κ3) is 8.37. The lowest BCUT2D eigenvalue weighted by molar-refractivity contribution is -0.161. The predicted molar refractivity (Wildman–Crippen MR) is 227 cm³/mol. The molecule has 2 fully saturated rings. The number of fused-ring (bicyclic) bond motifs is 2. The fourth-order valence-electron chi connectivity index (χ4n) is 9.05. The van der Waals surface area contributed by atoms with Crippen molar-refractivity contribution in [2.75, 3.05) is 30.3 Å². The van der Waals surface area contributed by atoms with Crippen LogP contribution in [0.3, 0.4) is 0 Å². The Morgan fingerprint density at radius 1 is 0.931 bits per heavy atom. The van der Waals surface area contributed by atoms with Crippen molar-refractivity contribution < 1.29 is 19.4 Å². The van der Waals surface area contributed by atoms with Crippen LogP contribution in [0.25, 0.3) is 22.0 Å². The van der Waals surface area contributed by atoms with E-state index in [-0.39, 0.29) is 23.9 Å². The normalized spacial score (nSPS) is 20.2. The van der Waals surface area contributed by atoms with Crippen LogP contribution in [-0.4, -0.2) is 83.7 Å². The Bertz CT molecular complexity index is 2340. The van der Waals surface area contributed by atoms with Crippen molar-refractivity contribution in [1.29, 1.82) is 0 Å². The van der Waals surface area contributed by atoms with Crippen molar-refractivity contribution in [3.05, 3.63) is 94.8 Å². The molecule has 8 rings (SSSR count). The maximum absolute atomic E-state index is 13.9. The van der Waals surface area contributed by atoms with Gasteiger partial charge in [0.25, 0.3) is 5.91 Å². The van der Waals surface area contributed by atoms with E-state index in [1.165, 1.54) is 0 Å². The predicted octanol–water partition coefficient (Wildman–Crippen LogP) is 7.47. The molecule has 3 aliphatic rings. The number of likely N-dealkylation sites (tertiary alicyclic amines) is 1. The van der Waals surface area contributed by atoms with Gasteiger partial charge >= 0.3 is 5.97 Å². The average Bonchev–Trinajstić information content (AvgIpc) is 3.77. The number of carbonyl (C=O) groups excluding carboxylic acids is 2. The summed E-state index contributed by atoms with van der Waals surface area (Å²) in [7, 11) is 1.94. The number of esters is 1. The summed E-state index contributed by atoms with van der Waals surface area (Å²) in [5.74, 6) is 0.751. The van der Waals surface area contributed by atoms with Gasteiger partial charge in [-0.15, -0.1) is 0 Å². The number of carbonyl (C=O) groups is 2. The zero-order valence-electron chi connectivity index (χ0n) is 34.6. The van der Waals surface area contributed by atoms with E-state index < -0.39 is 5.60 Å². The van der Waals surface area contributed by atoms with E-state index >= 15 is 0 Å². The molecule has 1 saturated heterocycles. The summed E-state index contributed by atoms with van der Waals surface area (Å²) < 4.78 is 7.62. The molecule has 0 bridgehead atoms. The Balaban J connectivity index is 0.944. The number of anilines is 3. The van der Waals surface area contributed by atoms with E-state index in [0.29, 0.717) is 30.8 Å². The quantitative estimate of drug-likeness (QED) is 0.129. The molecule has 58 heavy (non-hydrogen) atoms. The summed E-state index contributed by atoms with van der Waals surface area (Å²) >= 11 is 0. The minimum atomic E-state index is -0.465. The Labute approximate surface area is 341 Å². The molecule has 3 N–H and O–H groups in total. The molecule has 2 aliphatic heterocycles. The van der Waals surface area contributed by atoms with Crippen molar-refractivity contribution in [1.82, 2.24) is 29.3 Å². The number of aromatic nitrogens is 4. The highest BCUT2D eigenvalue weighted by Gasteiger charge is 2.35. The minimum Gasteiger partial charge on any atom is -0.460 e. The van der Waals surface area contributed by atoms with E-state index in [4.69, 9.17) is 14.7 Å². The summed E-state index contributed by atoms with van der Waals surface area (Å²) in [6.45, 7) is 13.9. The van der Waals surface area contributed by atoms with Crippen LogP contribution in [0.4, 0.5) is 17.2 Å². The molecule has 304 valence electrons. The number of hydrogen-bond donors (Lipinski definition) is 3. The number of aliphatic hydroxyl groups excluding tert-OH is 1. The smallest absolute Gasteiger partial charge is 0.309 e. The van der Waals surface area contributed by atoms with Gasteiger partial charge in [-0.1, -0.05) is 24.3 Å².